The Morgan fingerprint density at radius 1 is 1.30 bits per heavy atom. The first-order valence-corrected chi connectivity index (χ1v) is 3.69. The Labute approximate surface area is 60.4 Å². The van der Waals surface area contributed by atoms with E-state index in [2.05, 4.69) is 19.1 Å². The number of rotatable bonds is 0. The summed E-state index contributed by atoms with van der Waals surface area (Å²) in [4.78, 5) is 11.1. The van der Waals surface area contributed by atoms with Crippen LogP contribution >= 0.6 is 0 Å². The van der Waals surface area contributed by atoms with Crippen LogP contribution < -0.4 is 0 Å². The Morgan fingerprint density at radius 3 is 2.80 bits per heavy atom. The average molecular weight is 134 g/mol. The van der Waals surface area contributed by atoms with Crippen LogP contribution in [0.25, 0.3) is 0 Å². The molecule has 0 heterocycles. The summed E-state index contributed by atoms with van der Waals surface area (Å²) in [7, 11) is 0. The Morgan fingerprint density at radius 2 is 2.10 bits per heavy atom. The van der Waals surface area contributed by atoms with E-state index < -0.39 is 0 Å². The molecule has 1 nitrogen and oxygen atoms in total. The third kappa shape index (κ3) is 0.605. The monoisotopic (exact) mass is 134 g/mol. The van der Waals surface area contributed by atoms with Crippen LogP contribution in [-0.2, 0) is 4.79 Å². The maximum Gasteiger partial charge on any atom is 0.159 e. The van der Waals surface area contributed by atoms with Gasteiger partial charge in [-0.25, -0.2) is 0 Å². The molecule has 0 aromatic carbocycles. The highest BCUT2D eigenvalue weighted by Crippen LogP contribution is 2.36. The molecule has 0 aromatic heterocycles. The van der Waals surface area contributed by atoms with Gasteiger partial charge < -0.3 is 0 Å². The number of ketones is 1. The van der Waals surface area contributed by atoms with Crippen molar-refractivity contribution in [1.29, 1.82) is 0 Å². The second kappa shape index (κ2) is 1.82. The zero-order chi connectivity index (χ0) is 7.14. The maximum absolute atomic E-state index is 11.1. The van der Waals surface area contributed by atoms with Crippen LogP contribution in [0.5, 0.6) is 0 Å². The second-order valence-corrected chi connectivity index (χ2v) is 3.11. The standard InChI is InChI=1S/C9H10O/c1-6-2-3-7-4-5-8(10)9(6)7/h2-7,9H,1H3. The highest BCUT2D eigenvalue weighted by Gasteiger charge is 2.35. The van der Waals surface area contributed by atoms with Crippen LogP contribution in [-0.4, -0.2) is 5.78 Å². The van der Waals surface area contributed by atoms with Crippen molar-refractivity contribution in [3.63, 3.8) is 0 Å². The van der Waals surface area contributed by atoms with Gasteiger partial charge in [-0.3, -0.25) is 4.79 Å². The van der Waals surface area contributed by atoms with Crippen molar-refractivity contribution in [2.24, 2.45) is 17.8 Å². The summed E-state index contributed by atoms with van der Waals surface area (Å²) in [6.45, 7) is 2.10. The lowest BCUT2D eigenvalue weighted by Crippen LogP contribution is -2.16. The third-order valence-corrected chi connectivity index (χ3v) is 2.43. The molecular weight excluding hydrogens is 124 g/mol. The molecule has 0 fully saturated rings. The number of hydrogen-bond donors (Lipinski definition) is 0. The maximum atomic E-state index is 11.1. The van der Waals surface area contributed by atoms with Gasteiger partial charge in [-0.05, 0) is 12.0 Å². The normalized spacial score (nSPS) is 42.9. The van der Waals surface area contributed by atoms with E-state index in [-0.39, 0.29) is 5.92 Å². The predicted molar refractivity (Wildman–Crippen MR) is 39.4 cm³/mol. The molecule has 0 saturated carbocycles. The Kier molecular flexibility index (Phi) is 1.07. The molecule has 2 rings (SSSR count). The Balaban J connectivity index is 2.32. The van der Waals surface area contributed by atoms with Gasteiger partial charge in [0.1, 0.15) is 0 Å². The van der Waals surface area contributed by atoms with E-state index >= 15 is 0 Å². The van der Waals surface area contributed by atoms with Crippen LogP contribution in [0.1, 0.15) is 6.92 Å². The molecule has 3 unspecified atom stereocenters. The van der Waals surface area contributed by atoms with Crippen LogP contribution in [0.3, 0.4) is 0 Å². The molecule has 0 aliphatic heterocycles. The molecule has 52 valence electrons. The van der Waals surface area contributed by atoms with Gasteiger partial charge in [0.25, 0.3) is 0 Å². The molecular formula is C9H10O. The van der Waals surface area contributed by atoms with Crippen molar-refractivity contribution >= 4 is 5.78 Å². The molecule has 1 heteroatoms. The first kappa shape index (κ1) is 5.90. The Hall–Kier alpha value is -0.850. The highest BCUT2D eigenvalue weighted by atomic mass is 16.1. The molecule has 10 heavy (non-hydrogen) atoms. The number of carbonyl (C=O) groups is 1. The summed E-state index contributed by atoms with van der Waals surface area (Å²) in [6.07, 6.45) is 8.00. The third-order valence-electron chi connectivity index (χ3n) is 2.43. The van der Waals surface area contributed by atoms with Gasteiger partial charge in [0.05, 0.1) is 0 Å². The van der Waals surface area contributed by atoms with E-state index in [1.54, 1.807) is 6.08 Å². The molecule has 0 amide bonds. The summed E-state index contributed by atoms with van der Waals surface area (Å²) in [5.74, 6) is 1.43. The molecule has 0 bridgehead atoms. The fraction of sp³-hybridized carbons (Fsp3) is 0.444. The smallest absolute Gasteiger partial charge is 0.159 e. The molecule has 2 aliphatic rings. The van der Waals surface area contributed by atoms with E-state index in [1.807, 2.05) is 6.08 Å². The summed E-state index contributed by atoms with van der Waals surface area (Å²) >= 11 is 0. The Bertz CT molecular complexity index is 225. The molecule has 0 radical (unpaired) electrons. The number of hydrogen-bond acceptors (Lipinski definition) is 1. The van der Waals surface area contributed by atoms with Crippen LogP contribution in [0, 0.1) is 17.8 Å². The van der Waals surface area contributed by atoms with Crippen molar-refractivity contribution in [2.75, 3.05) is 0 Å². The summed E-state index contributed by atoms with van der Waals surface area (Å²) in [5, 5.41) is 0. The fourth-order valence-corrected chi connectivity index (χ4v) is 1.84. The van der Waals surface area contributed by atoms with Crippen molar-refractivity contribution in [2.45, 2.75) is 6.92 Å². The van der Waals surface area contributed by atoms with Crippen molar-refractivity contribution in [3.05, 3.63) is 24.3 Å². The predicted octanol–water partition coefficient (Wildman–Crippen LogP) is 1.56. The molecule has 3 atom stereocenters. The number of allylic oxidation sites excluding steroid dienone is 4. The summed E-state index contributed by atoms with van der Waals surface area (Å²) < 4.78 is 0. The second-order valence-electron chi connectivity index (χ2n) is 3.11. The van der Waals surface area contributed by atoms with Crippen molar-refractivity contribution < 1.29 is 4.79 Å². The van der Waals surface area contributed by atoms with Crippen LogP contribution in [0.15, 0.2) is 24.3 Å². The van der Waals surface area contributed by atoms with Crippen molar-refractivity contribution in [3.8, 4) is 0 Å². The van der Waals surface area contributed by atoms with E-state index in [4.69, 9.17) is 0 Å². The average Bonchev–Trinajstić information content (AvgIpc) is 2.40. The molecule has 0 aromatic rings. The van der Waals surface area contributed by atoms with Gasteiger partial charge in [-0.1, -0.05) is 25.2 Å². The summed E-state index contributed by atoms with van der Waals surface area (Å²) in [6, 6.07) is 0. The molecule has 0 N–H and O–H groups in total. The van der Waals surface area contributed by atoms with Crippen LogP contribution in [0.4, 0.5) is 0 Å². The number of fused-ring (bicyclic) bond motifs is 1. The minimum atomic E-state index is 0.250. The topological polar surface area (TPSA) is 17.1 Å². The van der Waals surface area contributed by atoms with Gasteiger partial charge in [0.2, 0.25) is 0 Å². The lowest BCUT2D eigenvalue weighted by Gasteiger charge is -2.11. The number of carbonyl (C=O) groups excluding carboxylic acids is 1. The van der Waals surface area contributed by atoms with Crippen LogP contribution in [0.2, 0.25) is 0 Å². The van der Waals surface area contributed by atoms with E-state index in [1.165, 1.54) is 0 Å². The van der Waals surface area contributed by atoms with Gasteiger partial charge in [-0.2, -0.15) is 0 Å². The summed E-state index contributed by atoms with van der Waals surface area (Å²) in [5.41, 5.74) is 0. The van der Waals surface area contributed by atoms with Gasteiger partial charge in [-0.15, -0.1) is 0 Å². The quantitative estimate of drug-likeness (QED) is 0.459. The minimum absolute atomic E-state index is 0.250. The first-order chi connectivity index (χ1) is 4.79. The van der Waals surface area contributed by atoms with Gasteiger partial charge >= 0.3 is 0 Å². The zero-order valence-electron chi connectivity index (χ0n) is 5.95. The van der Waals surface area contributed by atoms with E-state index in [0.29, 0.717) is 17.6 Å². The molecule has 2 aliphatic carbocycles. The lowest BCUT2D eigenvalue weighted by molar-refractivity contribution is -0.118. The van der Waals surface area contributed by atoms with Crippen molar-refractivity contribution in [1.82, 2.24) is 0 Å². The largest absolute Gasteiger partial charge is 0.294 e. The fourth-order valence-electron chi connectivity index (χ4n) is 1.84. The first-order valence-electron chi connectivity index (χ1n) is 3.69. The lowest BCUT2D eigenvalue weighted by atomic mass is 9.91. The zero-order valence-corrected chi connectivity index (χ0v) is 5.95. The molecule has 0 saturated heterocycles. The van der Waals surface area contributed by atoms with E-state index in [0.717, 1.165) is 0 Å². The van der Waals surface area contributed by atoms with Gasteiger partial charge in [0.15, 0.2) is 5.78 Å². The highest BCUT2D eigenvalue weighted by molar-refractivity contribution is 5.95. The molecule has 0 spiro atoms. The SMILES string of the molecule is CC1C=CC2C=CC(=O)C12. The minimum Gasteiger partial charge on any atom is -0.294 e. The van der Waals surface area contributed by atoms with E-state index in [9.17, 15) is 4.79 Å². The van der Waals surface area contributed by atoms with Gasteiger partial charge in [0, 0.05) is 11.8 Å².